The Bertz CT molecular complexity index is 244. The SMILES string of the molecule is CCC1(COC=C(C)C)CCCS1=O. The van der Waals surface area contributed by atoms with Gasteiger partial charge in [0.2, 0.25) is 0 Å². The van der Waals surface area contributed by atoms with E-state index < -0.39 is 10.8 Å². The molecule has 0 N–H and O–H groups in total. The molecule has 1 aliphatic rings. The standard InChI is InChI=1S/C11H20O2S/c1-4-11(6-5-7-14(11)12)9-13-8-10(2)3/h8H,4-7,9H2,1-3H3. The molecule has 0 radical (unpaired) electrons. The largest absolute Gasteiger partial charge is 0.500 e. The molecule has 1 rings (SSSR count). The summed E-state index contributed by atoms with van der Waals surface area (Å²) in [6.45, 7) is 6.73. The van der Waals surface area contributed by atoms with Crippen molar-refractivity contribution >= 4 is 10.8 Å². The smallest absolute Gasteiger partial charge is 0.104 e. The minimum atomic E-state index is -0.688. The lowest BCUT2D eigenvalue weighted by Crippen LogP contribution is -2.34. The van der Waals surface area contributed by atoms with Gasteiger partial charge in [0.25, 0.3) is 0 Å². The van der Waals surface area contributed by atoms with E-state index in [4.69, 9.17) is 4.74 Å². The molecule has 0 spiro atoms. The Kier molecular flexibility index (Phi) is 4.17. The fourth-order valence-electron chi connectivity index (χ4n) is 1.79. The van der Waals surface area contributed by atoms with Gasteiger partial charge in [-0.1, -0.05) is 6.92 Å². The molecule has 0 aromatic carbocycles. The Hall–Kier alpha value is -0.310. The van der Waals surface area contributed by atoms with Gasteiger partial charge < -0.3 is 4.74 Å². The first-order valence-corrected chi connectivity index (χ1v) is 6.56. The summed E-state index contributed by atoms with van der Waals surface area (Å²) in [5, 5.41) is 0. The fourth-order valence-corrected chi connectivity index (χ4v) is 3.53. The fraction of sp³-hybridized carbons (Fsp3) is 0.818. The van der Waals surface area contributed by atoms with E-state index in [0.717, 1.165) is 30.6 Å². The van der Waals surface area contributed by atoms with Crippen molar-refractivity contribution in [3.05, 3.63) is 11.8 Å². The van der Waals surface area contributed by atoms with Crippen molar-refractivity contribution in [2.75, 3.05) is 12.4 Å². The molecule has 1 heterocycles. The van der Waals surface area contributed by atoms with Gasteiger partial charge in [-0.05, 0) is 38.7 Å². The lowest BCUT2D eigenvalue weighted by Gasteiger charge is -2.25. The van der Waals surface area contributed by atoms with E-state index in [2.05, 4.69) is 6.92 Å². The van der Waals surface area contributed by atoms with Gasteiger partial charge in [0.1, 0.15) is 6.61 Å². The minimum absolute atomic E-state index is 0.0635. The van der Waals surface area contributed by atoms with Crippen LogP contribution in [0.3, 0.4) is 0 Å². The van der Waals surface area contributed by atoms with Crippen LogP contribution in [0.15, 0.2) is 11.8 Å². The van der Waals surface area contributed by atoms with Gasteiger partial charge in [-0.2, -0.15) is 0 Å². The minimum Gasteiger partial charge on any atom is -0.500 e. The van der Waals surface area contributed by atoms with Crippen LogP contribution in [0, 0.1) is 0 Å². The average molecular weight is 216 g/mol. The second kappa shape index (κ2) is 4.96. The quantitative estimate of drug-likeness (QED) is 0.675. The molecule has 82 valence electrons. The average Bonchev–Trinajstić information content (AvgIpc) is 2.48. The summed E-state index contributed by atoms with van der Waals surface area (Å²) in [7, 11) is -0.688. The van der Waals surface area contributed by atoms with E-state index in [1.165, 1.54) is 0 Å². The highest BCUT2D eigenvalue weighted by atomic mass is 32.2. The molecule has 2 atom stereocenters. The molecule has 0 aliphatic carbocycles. The second-order valence-corrected chi connectivity index (χ2v) is 6.16. The Balaban J connectivity index is 2.54. The second-order valence-electron chi connectivity index (χ2n) is 4.20. The zero-order chi connectivity index (χ0) is 10.6. The molecule has 1 fully saturated rings. The molecular weight excluding hydrogens is 196 g/mol. The summed E-state index contributed by atoms with van der Waals surface area (Å²) in [6.07, 6.45) is 4.86. The molecule has 0 saturated carbocycles. The molecule has 0 bridgehead atoms. The van der Waals surface area contributed by atoms with Gasteiger partial charge in [-0.25, -0.2) is 0 Å². The van der Waals surface area contributed by atoms with Gasteiger partial charge in [0.05, 0.1) is 11.0 Å². The Morgan fingerprint density at radius 3 is 2.71 bits per heavy atom. The van der Waals surface area contributed by atoms with E-state index in [1.807, 2.05) is 13.8 Å². The van der Waals surface area contributed by atoms with E-state index in [-0.39, 0.29) is 4.75 Å². The number of ether oxygens (including phenoxy) is 1. The van der Waals surface area contributed by atoms with Crippen molar-refractivity contribution in [1.29, 1.82) is 0 Å². The van der Waals surface area contributed by atoms with E-state index in [0.29, 0.717) is 6.61 Å². The van der Waals surface area contributed by atoms with Crippen LogP contribution in [0.5, 0.6) is 0 Å². The zero-order valence-corrected chi connectivity index (χ0v) is 10.2. The van der Waals surface area contributed by atoms with Crippen molar-refractivity contribution < 1.29 is 8.95 Å². The van der Waals surface area contributed by atoms with Crippen LogP contribution in [0.4, 0.5) is 0 Å². The number of hydrogen-bond acceptors (Lipinski definition) is 2. The summed E-state index contributed by atoms with van der Waals surface area (Å²) in [4.78, 5) is 0. The first-order chi connectivity index (χ1) is 6.60. The third-order valence-corrected chi connectivity index (χ3v) is 4.99. The molecule has 0 amide bonds. The molecule has 1 aliphatic heterocycles. The van der Waals surface area contributed by atoms with Crippen LogP contribution in [0.1, 0.15) is 40.0 Å². The van der Waals surface area contributed by atoms with Gasteiger partial charge in [-0.3, -0.25) is 4.21 Å². The maximum Gasteiger partial charge on any atom is 0.104 e. The monoisotopic (exact) mass is 216 g/mol. The topological polar surface area (TPSA) is 26.3 Å². The number of rotatable bonds is 4. The van der Waals surface area contributed by atoms with Crippen molar-refractivity contribution in [2.45, 2.75) is 44.8 Å². The van der Waals surface area contributed by atoms with Crippen LogP contribution < -0.4 is 0 Å². The van der Waals surface area contributed by atoms with Gasteiger partial charge in [-0.15, -0.1) is 0 Å². The molecule has 1 saturated heterocycles. The lowest BCUT2D eigenvalue weighted by atomic mass is 10.0. The van der Waals surface area contributed by atoms with Crippen LogP contribution in [0.2, 0.25) is 0 Å². The van der Waals surface area contributed by atoms with E-state index in [1.54, 1.807) is 6.26 Å². The van der Waals surface area contributed by atoms with Crippen molar-refractivity contribution in [2.24, 2.45) is 0 Å². The summed E-state index contributed by atoms with van der Waals surface area (Å²) < 4.78 is 17.2. The normalized spacial score (nSPS) is 31.5. The van der Waals surface area contributed by atoms with Crippen molar-refractivity contribution in [1.82, 2.24) is 0 Å². The van der Waals surface area contributed by atoms with Crippen LogP contribution in [0.25, 0.3) is 0 Å². The highest BCUT2D eigenvalue weighted by Gasteiger charge is 2.39. The molecule has 0 aromatic rings. The van der Waals surface area contributed by atoms with Crippen LogP contribution in [-0.2, 0) is 15.5 Å². The third-order valence-electron chi connectivity index (χ3n) is 2.75. The predicted molar refractivity (Wildman–Crippen MR) is 60.6 cm³/mol. The Morgan fingerprint density at radius 1 is 1.57 bits per heavy atom. The highest BCUT2D eigenvalue weighted by Crippen LogP contribution is 2.32. The predicted octanol–water partition coefficient (Wildman–Crippen LogP) is 2.62. The summed E-state index contributed by atoms with van der Waals surface area (Å²) in [5.41, 5.74) is 1.15. The molecule has 2 unspecified atom stereocenters. The zero-order valence-electron chi connectivity index (χ0n) is 9.34. The van der Waals surface area contributed by atoms with Gasteiger partial charge in [0.15, 0.2) is 0 Å². The van der Waals surface area contributed by atoms with Crippen LogP contribution >= 0.6 is 0 Å². The Morgan fingerprint density at radius 2 is 2.29 bits per heavy atom. The molecule has 14 heavy (non-hydrogen) atoms. The van der Waals surface area contributed by atoms with E-state index >= 15 is 0 Å². The highest BCUT2D eigenvalue weighted by molar-refractivity contribution is 7.86. The first kappa shape index (κ1) is 11.8. The Labute approximate surface area is 89.2 Å². The first-order valence-electron chi connectivity index (χ1n) is 5.24. The summed E-state index contributed by atoms with van der Waals surface area (Å²) in [6, 6.07) is 0. The maximum atomic E-state index is 11.8. The summed E-state index contributed by atoms with van der Waals surface area (Å²) >= 11 is 0. The van der Waals surface area contributed by atoms with Crippen molar-refractivity contribution in [3.8, 4) is 0 Å². The number of allylic oxidation sites excluding steroid dienone is 1. The molecule has 2 nitrogen and oxygen atoms in total. The molecule has 0 aromatic heterocycles. The molecule has 3 heteroatoms. The van der Waals surface area contributed by atoms with E-state index in [9.17, 15) is 4.21 Å². The van der Waals surface area contributed by atoms with Gasteiger partial charge in [0, 0.05) is 16.6 Å². The van der Waals surface area contributed by atoms with Crippen LogP contribution in [-0.4, -0.2) is 21.3 Å². The summed E-state index contributed by atoms with van der Waals surface area (Å²) in [5.74, 6) is 0.853. The van der Waals surface area contributed by atoms with Crippen molar-refractivity contribution in [3.63, 3.8) is 0 Å². The molecular formula is C11H20O2S. The maximum absolute atomic E-state index is 11.8. The number of hydrogen-bond donors (Lipinski definition) is 0. The third kappa shape index (κ3) is 2.59. The van der Waals surface area contributed by atoms with Gasteiger partial charge >= 0.3 is 0 Å². The lowest BCUT2D eigenvalue weighted by molar-refractivity contribution is 0.202.